The largest absolute Gasteiger partial charge is 0.506 e. The summed E-state index contributed by atoms with van der Waals surface area (Å²) >= 11 is 1.58. The highest BCUT2D eigenvalue weighted by Gasteiger charge is 2.24. The zero-order valence-corrected chi connectivity index (χ0v) is 19.3. The normalized spacial score (nSPS) is 11.5. The van der Waals surface area contributed by atoms with Gasteiger partial charge in [-0.15, -0.1) is 11.3 Å². The topological polar surface area (TPSA) is 97.6 Å². The number of hydrogen-bond acceptors (Lipinski definition) is 6. The van der Waals surface area contributed by atoms with Gasteiger partial charge in [0.05, 0.1) is 5.52 Å². The molecule has 31 heavy (non-hydrogen) atoms. The first-order valence-electron chi connectivity index (χ1n) is 9.81. The highest BCUT2D eigenvalue weighted by Crippen LogP contribution is 2.36. The molecule has 0 bridgehead atoms. The van der Waals surface area contributed by atoms with Crippen molar-refractivity contribution in [1.82, 2.24) is 9.88 Å². The number of aromatic nitrogens is 1. The van der Waals surface area contributed by atoms with E-state index in [0.29, 0.717) is 10.9 Å². The average Bonchev–Trinajstić information content (AvgIpc) is 3.08. The van der Waals surface area contributed by atoms with Crippen molar-refractivity contribution in [2.75, 3.05) is 6.54 Å². The molecule has 3 rings (SSSR count). The Labute approximate surface area is 184 Å². The van der Waals surface area contributed by atoms with E-state index in [1.54, 1.807) is 45.2 Å². The van der Waals surface area contributed by atoms with Gasteiger partial charge < -0.3 is 19.7 Å². The standard InChI is InChI=1S/C23H26N2O5S/c1-12-7-8-31-20(12)14-10-15-16(9-13(14)2)25(6)22(29)18(19(15)27)21(28)24-11-17(26)30-23(3,4)5/h7-10,27H,11H2,1-6H3,(H,24,28). The Hall–Kier alpha value is -3.13. The van der Waals surface area contributed by atoms with E-state index in [4.69, 9.17) is 4.74 Å². The van der Waals surface area contributed by atoms with Gasteiger partial charge in [-0.25, -0.2) is 0 Å². The predicted molar refractivity (Wildman–Crippen MR) is 122 cm³/mol. The number of amides is 1. The van der Waals surface area contributed by atoms with Crippen molar-refractivity contribution in [3.63, 3.8) is 0 Å². The van der Waals surface area contributed by atoms with E-state index in [-0.39, 0.29) is 0 Å². The van der Waals surface area contributed by atoms with E-state index in [2.05, 4.69) is 5.32 Å². The summed E-state index contributed by atoms with van der Waals surface area (Å²) in [6.07, 6.45) is 0. The molecule has 0 saturated carbocycles. The smallest absolute Gasteiger partial charge is 0.325 e. The fourth-order valence-electron chi connectivity index (χ4n) is 3.39. The summed E-state index contributed by atoms with van der Waals surface area (Å²) in [4.78, 5) is 38.5. The van der Waals surface area contributed by atoms with Gasteiger partial charge in [-0.1, -0.05) is 0 Å². The molecule has 0 fully saturated rings. The molecule has 1 aromatic carbocycles. The van der Waals surface area contributed by atoms with Crippen molar-refractivity contribution in [3.05, 3.63) is 50.6 Å². The minimum Gasteiger partial charge on any atom is -0.506 e. The second kappa shape index (κ2) is 8.19. The Balaban J connectivity index is 2.06. The van der Waals surface area contributed by atoms with E-state index in [0.717, 1.165) is 21.6 Å². The fraction of sp³-hybridized carbons (Fsp3) is 0.348. The van der Waals surface area contributed by atoms with Crippen molar-refractivity contribution in [2.24, 2.45) is 7.05 Å². The second-order valence-corrected chi connectivity index (χ2v) is 9.39. The second-order valence-electron chi connectivity index (χ2n) is 8.47. The number of aryl methyl sites for hydroxylation is 3. The maximum absolute atomic E-state index is 12.8. The summed E-state index contributed by atoms with van der Waals surface area (Å²) in [5.41, 5.74) is 1.75. The van der Waals surface area contributed by atoms with Crippen LogP contribution in [0.2, 0.25) is 0 Å². The summed E-state index contributed by atoms with van der Waals surface area (Å²) < 4.78 is 6.49. The van der Waals surface area contributed by atoms with Gasteiger partial charge in [0.1, 0.15) is 23.5 Å². The van der Waals surface area contributed by atoms with Gasteiger partial charge in [0.15, 0.2) is 0 Å². The fourth-order valence-corrected chi connectivity index (χ4v) is 4.40. The lowest BCUT2D eigenvalue weighted by Gasteiger charge is -2.19. The van der Waals surface area contributed by atoms with Gasteiger partial charge in [-0.2, -0.15) is 0 Å². The van der Waals surface area contributed by atoms with Crippen LogP contribution in [0.1, 0.15) is 42.3 Å². The Kier molecular flexibility index (Phi) is 5.96. The van der Waals surface area contributed by atoms with Crippen molar-refractivity contribution in [2.45, 2.75) is 40.2 Å². The van der Waals surface area contributed by atoms with Crippen LogP contribution in [-0.4, -0.2) is 33.7 Å². The number of aromatic hydroxyl groups is 1. The van der Waals surface area contributed by atoms with Crippen LogP contribution in [0.3, 0.4) is 0 Å². The minimum atomic E-state index is -0.833. The Morgan fingerprint density at radius 1 is 1.19 bits per heavy atom. The van der Waals surface area contributed by atoms with Crippen LogP contribution in [-0.2, 0) is 16.6 Å². The molecule has 0 aliphatic carbocycles. The molecule has 0 saturated heterocycles. The minimum absolute atomic E-state index is 0.387. The van der Waals surface area contributed by atoms with E-state index >= 15 is 0 Å². The molecule has 2 aromatic heterocycles. The molecule has 1 amide bonds. The Bertz CT molecular complexity index is 1250. The quantitative estimate of drug-likeness (QED) is 0.601. The maximum atomic E-state index is 12.8. The first-order chi connectivity index (χ1) is 14.4. The Morgan fingerprint density at radius 3 is 2.45 bits per heavy atom. The number of pyridine rings is 1. The van der Waals surface area contributed by atoms with Crippen molar-refractivity contribution < 1.29 is 19.4 Å². The van der Waals surface area contributed by atoms with E-state index in [9.17, 15) is 19.5 Å². The van der Waals surface area contributed by atoms with Crippen molar-refractivity contribution in [1.29, 1.82) is 0 Å². The zero-order chi connectivity index (χ0) is 23.1. The molecular weight excluding hydrogens is 416 g/mol. The number of rotatable bonds is 4. The maximum Gasteiger partial charge on any atom is 0.325 e. The summed E-state index contributed by atoms with van der Waals surface area (Å²) in [6, 6.07) is 5.63. The number of nitrogens with one attached hydrogen (secondary N) is 1. The molecular formula is C23H26N2O5S. The number of carbonyl (C=O) groups is 2. The van der Waals surface area contributed by atoms with E-state index < -0.39 is 40.9 Å². The van der Waals surface area contributed by atoms with Crippen LogP contribution in [0, 0.1) is 13.8 Å². The van der Waals surface area contributed by atoms with Crippen LogP contribution in [0.4, 0.5) is 0 Å². The van der Waals surface area contributed by atoms with E-state index in [1.807, 2.05) is 31.4 Å². The lowest BCUT2D eigenvalue weighted by Crippen LogP contribution is -2.37. The van der Waals surface area contributed by atoms with Gasteiger partial charge in [0, 0.05) is 17.3 Å². The number of carbonyl (C=O) groups excluding carboxylic acids is 2. The number of nitrogens with zero attached hydrogens (tertiary/aromatic N) is 1. The number of thiophene rings is 1. The number of ether oxygens (including phenoxy) is 1. The summed E-state index contributed by atoms with van der Waals surface area (Å²) in [5.74, 6) is -1.88. The van der Waals surface area contributed by atoms with Crippen LogP contribution < -0.4 is 10.9 Å². The number of hydrogen-bond donors (Lipinski definition) is 2. The van der Waals surface area contributed by atoms with Gasteiger partial charge >= 0.3 is 5.97 Å². The molecule has 2 N–H and O–H groups in total. The predicted octanol–water partition coefficient (Wildman–Crippen LogP) is 3.66. The van der Waals surface area contributed by atoms with Crippen LogP contribution in [0.25, 0.3) is 21.3 Å². The summed E-state index contributed by atoms with van der Waals surface area (Å²) in [6.45, 7) is 8.68. The van der Waals surface area contributed by atoms with Crippen molar-refractivity contribution >= 4 is 34.1 Å². The summed E-state index contributed by atoms with van der Waals surface area (Å²) in [5, 5.41) is 15.6. The first-order valence-corrected chi connectivity index (χ1v) is 10.7. The SMILES string of the molecule is Cc1cc2c(cc1-c1sccc1C)c(O)c(C(=O)NCC(=O)OC(C)(C)C)c(=O)n2C. The Morgan fingerprint density at radius 2 is 1.87 bits per heavy atom. The number of benzene rings is 1. The molecule has 164 valence electrons. The number of fused-ring (bicyclic) bond motifs is 1. The molecule has 0 aliphatic heterocycles. The average molecular weight is 443 g/mol. The molecule has 0 unspecified atom stereocenters. The zero-order valence-electron chi connectivity index (χ0n) is 18.5. The van der Waals surface area contributed by atoms with E-state index in [1.165, 1.54) is 4.57 Å². The van der Waals surface area contributed by atoms with Gasteiger partial charge in [0.2, 0.25) is 0 Å². The lowest BCUT2D eigenvalue weighted by molar-refractivity contribution is -0.153. The van der Waals surface area contributed by atoms with Gasteiger partial charge in [0.25, 0.3) is 11.5 Å². The molecule has 0 aliphatic rings. The third kappa shape index (κ3) is 4.49. The van der Waals surface area contributed by atoms with Crippen molar-refractivity contribution in [3.8, 4) is 16.2 Å². The number of esters is 1. The third-order valence-electron chi connectivity index (χ3n) is 4.86. The lowest BCUT2D eigenvalue weighted by atomic mass is 9.99. The first kappa shape index (κ1) is 22.6. The van der Waals surface area contributed by atoms with Gasteiger partial charge in [-0.05, 0) is 74.9 Å². The van der Waals surface area contributed by atoms with Crippen LogP contribution in [0.15, 0.2) is 28.4 Å². The molecule has 2 heterocycles. The third-order valence-corrected chi connectivity index (χ3v) is 5.91. The highest BCUT2D eigenvalue weighted by molar-refractivity contribution is 7.13. The monoisotopic (exact) mass is 442 g/mol. The molecule has 0 spiro atoms. The molecule has 7 nitrogen and oxygen atoms in total. The van der Waals surface area contributed by atoms with Crippen LogP contribution in [0.5, 0.6) is 5.75 Å². The van der Waals surface area contributed by atoms with Gasteiger partial charge in [-0.3, -0.25) is 14.4 Å². The molecule has 8 heteroatoms. The molecule has 3 aromatic rings. The molecule has 0 atom stereocenters. The van der Waals surface area contributed by atoms with Crippen LogP contribution >= 0.6 is 11.3 Å². The summed E-state index contributed by atoms with van der Waals surface area (Å²) in [7, 11) is 1.55. The molecule has 0 radical (unpaired) electrons. The highest BCUT2D eigenvalue weighted by atomic mass is 32.1.